The van der Waals surface area contributed by atoms with Crippen molar-refractivity contribution in [2.24, 2.45) is 0 Å². The van der Waals surface area contributed by atoms with Crippen molar-refractivity contribution in [1.29, 1.82) is 0 Å². The van der Waals surface area contributed by atoms with Crippen LogP contribution in [-0.4, -0.2) is 0 Å². The third-order valence-corrected chi connectivity index (χ3v) is 17.1. The average molecular weight is 914 g/mol. The average Bonchev–Trinajstić information content (AvgIpc) is 4.14. The minimum absolute atomic E-state index is 0.219. The Labute approximate surface area is 413 Å². The van der Waals surface area contributed by atoms with Crippen LogP contribution in [0.4, 0.5) is 17.1 Å². The quantitative estimate of drug-likeness (QED) is 0.176. The smallest absolute Gasteiger partial charge is 0.144 e. The predicted molar refractivity (Wildman–Crippen MR) is 296 cm³/mol. The molecule has 10 aromatic carbocycles. The normalized spacial score (nSPS) is 15.3. The zero-order valence-electron chi connectivity index (χ0n) is 41.1. The Morgan fingerprint density at radius 3 is 1.61 bits per heavy atom. The fraction of sp³-hybridized carbons (Fsp3) is 0.147. The van der Waals surface area contributed by atoms with Gasteiger partial charge in [-0.15, -0.1) is 0 Å². The van der Waals surface area contributed by atoms with Gasteiger partial charge in [-0.1, -0.05) is 175 Å². The monoisotopic (exact) mass is 913 g/mol. The van der Waals surface area contributed by atoms with E-state index in [9.17, 15) is 0 Å². The Morgan fingerprint density at radius 2 is 0.887 bits per heavy atom. The van der Waals surface area contributed by atoms with E-state index in [1.165, 1.54) is 105 Å². The minimum atomic E-state index is -0.350. The number of aryl methyl sites for hydroxylation is 1. The Morgan fingerprint density at radius 1 is 0.366 bits per heavy atom. The van der Waals surface area contributed by atoms with Crippen LogP contribution in [0.2, 0.25) is 0 Å². The third kappa shape index (κ3) is 5.18. The number of para-hydroxylation sites is 2. The molecule has 12 aromatic rings. The highest BCUT2D eigenvalue weighted by molar-refractivity contribution is 6.22. The molecule has 0 aliphatic heterocycles. The van der Waals surface area contributed by atoms with Gasteiger partial charge in [-0.2, -0.15) is 0 Å². The molecule has 0 saturated heterocycles. The van der Waals surface area contributed by atoms with E-state index in [0.29, 0.717) is 0 Å². The molecule has 3 nitrogen and oxygen atoms in total. The molecular weight excluding hydrogens is 863 g/mol. The molecule has 0 bridgehead atoms. The van der Waals surface area contributed by atoms with Crippen LogP contribution in [-0.2, 0) is 16.2 Å². The summed E-state index contributed by atoms with van der Waals surface area (Å²) in [5, 5.41) is 7.16. The van der Waals surface area contributed by atoms with Gasteiger partial charge >= 0.3 is 0 Å². The van der Waals surface area contributed by atoms with Gasteiger partial charge in [-0.05, 0) is 133 Å². The summed E-state index contributed by atoms with van der Waals surface area (Å²) in [6.07, 6.45) is 0. The van der Waals surface area contributed by atoms with E-state index in [1.54, 1.807) is 0 Å². The van der Waals surface area contributed by atoms with Crippen molar-refractivity contribution in [2.45, 2.75) is 64.7 Å². The molecule has 3 aliphatic carbocycles. The van der Waals surface area contributed by atoms with Gasteiger partial charge in [0.15, 0.2) is 0 Å². The number of hydrogen-bond acceptors (Lipinski definition) is 3. The number of hydrogen-bond donors (Lipinski definition) is 0. The van der Waals surface area contributed by atoms with Gasteiger partial charge < -0.3 is 13.7 Å². The molecular formula is C68H51NO2. The fourth-order valence-corrected chi connectivity index (χ4v) is 13.8. The lowest BCUT2D eigenvalue weighted by molar-refractivity contribution is 0.600. The van der Waals surface area contributed by atoms with Crippen molar-refractivity contribution < 1.29 is 8.83 Å². The van der Waals surface area contributed by atoms with Crippen LogP contribution in [0.3, 0.4) is 0 Å². The second kappa shape index (κ2) is 13.8. The van der Waals surface area contributed by atoms with E-state index in [1.807, 2.05) is 0 Å². The van der Waals surface area contributed by atoms with Crippen LogP contribution in [0.5, 0.6) is 0 Å². The maximum atomic E-state index is 7.07. The topological polar surface area (TPSA) is 29.5 Å². The van der Waals surface area contributed by atoms with Gasteiger partial charge in [0.2, 0.25) is 0 Å². The Bertz CT molecular complexity index is 4340. The lowest BCUT2D eigenvalue weighted by atomic mass is 9.72. The van der Waals surface area contributed by atoms with Crippen LogP contribution >= 0.6 is 0 Å². The first kappa shape index (κ1) is 40.7. The number of furan rings is 2. The molecule has 0 saturated carbocycles. The van der Waals surface area contributed by atoms with E-state index in [4.69, 9.17) is 8.83 Å². The molecule has 15 rings (SSSR count). The van der Waals surface area contributed by atoms with E-state index < -0.39 is 0 Å². The molecule has 0 radical (unpaired) electrons. The second-order valence-corrected chi connectivity index (χ2v) is 22.0. The largest absolute Gasteiger partial charge is 0.455 e. The molecule has 3 heteroatoms. The van der Waals surface area contributed by atoms with Gasteiger partial charge in [-0.25, -0.2) is 0 Å². The molecule has 0 amide bonds. The summed E-state index contributed by atoms with van der Waals surface area (Å²) in [5.41, 5.74) is 25.6. The number of nitrogens with zero attached hydrogens (tertiary/aromatic N) is 1. The van der Waals surface area contributed by atoms with Crippen molar-refractivity contribution in [2.75, 3.05) is 4.90 Å². The highest BCUT2D eigenvalue weighted by Crippen LogP contribution is 2.64. The first-order chi connectivity index (χ1) is 34.4. The zero-order chi connectivity index (χ0) is 47.9. The zero-order valence-corrected chi connectivity index (χ0v) is 41.1. The highest BCUT2D eigenvalue weighted by atomic mass is 16.3. The fourth-order valence-electron chi connectivity index (χ4n) is 13.8. The predicted octanol–water partition coefficient (Wildman–Crippen LogP) is 19.0. The number of anilines is 3. The molecule has 0 atom stereocenters. The molecule has 0 unspecified atom stereocenters. The van der Waals surface area contributed by atoms with Gasteiger partial charge in [0.25, 0.3) is 0 Å². The van der Waals surface area contributed by atoms with Gasteiger partial charge in [0.1, 0.15) is 22.3 Å². The lowest BCUT2D eigenvalue weighted by Crippen LogP contribution is -2.24. The number of fused-ring (bicyclic) bond motifs is 20. The minimum Gasteiger partial charge on any atom is -0.455 e. The maximum Gasteiger partial charge on any atom is 0.144 e. The van der Waals surface area contributed by atoms with Crippen molar-refractivity contribution in [3.8, 4) is 44.5 Å². The third-order valence-electron chi connectivity index (χ3n) is 17.1. The van der Waals surface area contributed by atoms with Gasteiger partial charge in [0.05, 0.1) is 5.69 Å². The molecule has 0 spiro atoms. The first-order valence-corrected chi connectivity index (χ1v) is 25.2. The van der Waals surface area contributed by atoms with E-state index >= 15 is 0 Å². The molecule has 3 aliphatic rings. The Balaban J connectivity index is 0.971. The molecule has 2 heterocycles. The van der Waals surface area contributed by atoms with Crippen molar-refractivity contribution in [1.82, 2.24) is 0 Å². The summed E-state index contributed by atoms with van der Waals surface area (Å²) in [6.45, 7) is 16.8. The van der Waals surface area contributed by atoms with Crippen LogP contribution in [0, 0.1) is 6.92 Å². The Hall–Kier alpha value is -8.14. The van der Waals surface area contributed by atoms with Crippen molar-refractivity contribution >= 4 is 71.7 Å². The number of benzene rings is 10. The van der Waals surface area contributed by atoms with Gasteiger partial charge in [-0.3, -0.25) is 0 Å². The van der Waals surface area contributed by atoms with Crippen LogP contribution < -0.4 is 4.90 Å². The van der Waals surface area contributed by atoms with Crippen LogP contribution in [0.15, 0.2) is 191 Å². The molecule has 0 fully saturated rings. The van der Waals surface area contributed by atoms with Crippen LogP contribution in [0.1, 0.15) is 80.5 Å². The first-order valence-electron chi connectivity index (χ1n) is 25.2. The summed E-state index contributed by atoms with van der Waals surface area (Å²) < 4.78 is 13.9. The SMILES string of the molecule is Cc1ccccc1-c1cc2c(c3c1oc1ccccc13)-c1ccc(N(c3ccc4c(c3)C(C)(C)c3c5c(c6c(oc7ccccc76)c3-4)-c3ccccc3C5(C)C)c3cccc4ccccc34)cc1C2(C)C. The van der Waals surface area contributed by atoms with Gasteiger partial charge in [0, 0.05) is 65.7 Å². The van der Waals surface area contributed by atoms with Crippen LogP contribution in [0.25, 0.3) is 99.2 Å². The summed E-state index contributed by atoms with van der Waals surface area (Å²) in [6, 6.07) is 67.4. The summed E-state index contributed by atoms with van der Waals surface area (Å²) in [4.78, 5) is 2.52. The highest BCUT2D eigenvalue weighted by Gasteiger charge is 2.49. The summed E-state index contributed by atoms with van der Waals surface area (Å²) >= 11 is 0. The van der Waals surface area contributed by atoms with E-state index in [-0.39, 0.29) is 16.2 Å². The van der Waals surface area contributed by atoms with E-state index in [2.05, 4.69) is 235 Å². The number of rotatable bonds is 4. The summed E-state index contributed by atoms with van der Waals surface area (Å²) in [7, 11) is 0. The lowest BCUT2D eigenvalue weighted by Gasteiger charge is -2.32. The molecule has 2 aromatic heterocycles. The van der Waals surface area contributed by atoms with Crippen molar-refractivity contribution in [3.05, 3.63) is 221 Å². The maximum absolute atomic E-state index is 7.07. The molecule has 71 heavy (non-hydrogen) atoms. The second-order valence-electron chi connectivity index (χ2n) is 22.0. The summed E-state index contributed by atoms with van der Waals surface area (Å²) in [5.74, 6) is 0. The Kier molecular flexibility index (Phi) is 7.91. The van der Waals surface area contributed by atoms with E-state index in [0.717, 1.165) is 50.3 Å². The molecule has 0 N–H and O–H groups in total. The standard InChI is InChI=1S/C68H51NO2/c1-38-19-8-10-22-42(38)49-37-53-57(59-47-25-13-16-29-55(47)70-64(49)59)45-33-31-40(35-51(45)66(53,2)3)69(54-28-18-21-39-20-9-11-23-43(39)54)41-32-34-46-52(36-41)68(6,7)63-61(46)65-60(48-26-14-17-30-56(48)71-65)58-44-24-12-15-27-50(44)67(4,5)62(58)63/h8-37H,1-7H3. The van der Waals surface area contributed by atoms with Crippen molar-refractivity contribution in [3.63, 3.8) is 0 Å². The molecule has 340 valence electrons.